The van der Waals surface area contributed by atoms with Gasteiger partial charge in [0, 0.05) is 0 Å². The van der Waals surface area contributed by atoms with E-state index in [0.717, 1.165) is 34.2 Å². The molecule has 0 atom stereocenters. The molecule has 2 aromatic heterocycles. The van der Waals surface area contributed by atoms with Crippen molar-refractivity contribution in [2.45, 2.75) is 80.8 Å². The first-order chi connectivity index (χ1) is 26.5. The van der Waals surface area contributed by atoms with Crippen LogP contribution in [0, 0.1) is 56.4 Å². The van der Waals surface area contributed by atoms with E-state index in [4.69, 9.17) is 8.83 Å². The minimum absolute atomic E-state index is 0. The molecule has 0 unspecified atom stereocenters. The van der Waals surface area contributed by atoms with Crippen molar-refractivity contribution >= 4 is 79.8 Å². The molecule has 0 amide bonds. The Bertz CT molecular complexity index is 2460. The van der Waals surface area contributed by atoms with E-state index in [1.165, 1.54) is 99.8 Å². The standard InChI is InChI=1S/2C25H27OSi.2CH3.2ClH.Si.Zr/c2*1-16-13-20-14-21(24-12-7-17(2)26-24)15-23(20)25(18(16)3)19-8-10-22(11-9-19)27(4,5)6;;;;;;/h2*7-15H,1-6H3;2*1H3;2*1H;;/q4*-1;;;;. The number of fused-ring (bicyclic) bond motifs is 2. The number of halogens is 2. The van der Waals surface area contributed by atoms with Gasteiger partial charge >= 0.3 is 30.2 Å². The Morgan fingerprint density at radius 1 is 0.467 bits per heavy atom. The molecule has 0 spiro atoms. The van der Waals surface area contributed by atoms with E-state index in [1.54, 1.807) is 0 Å². The van der Waals surface area contributed by atoms with Gasteiger partial charge in [-0.05, 0) is 88.1 Å². The Morgan fingerprint density at radius 2 is 0.783 bits per heavy atom. The van der Waals surface area contributed by atoms with Gasteiger partial charge in [-0.2, -0.15) is 0 Å². The molecular weight excluding hydrogens is 903 g/mol. The summed E-state index contributed by atoms with van der Waals surface area (Å²) < 4.78 is 11.7. The van der Waals surface area contributed by atoms with Crippen LogP contribution in [0.1, 0.15) is 33.8 Å². The monoisotopic (exact) mass is 962 g/mol. The summed E-state index contributed by atoms with van der Waals surface area (Å²) >= 11 is 1.36. The summed E-state index contributed by atoms with van der Waals surface area (Å²) in [4.78, 5) is 0. The van der Waals surface area contributed by atoms with Gasteiger partial charge in [-0.25, -0.2) is 0 Å². The predicted octanol–water partition coefficient (Wildman–Crippen LogP) is 15.3. The van der Waals surface area contributed by atoms with Crippen LogP contribution in [0.15, 0.2) is 118 Å². The molecule has 0 aliphatic heterocycles. The first kappa shape index (κ1) is 52.9. The third-order valence-electron chi connectivity index (χ3n) is 11.2. The molecule has 8 rings (SSSR count). The van der Waals surface area contributed by atoms with Crippen LogP contribution in [0.2, 0.25) is 39.3 Å². The van der Waals surface area contributed by atoms with Gasteiger partial charge in [0.2, 0.25) is 0 Å². The Kier molecular flexibility index (Phi) is 18.7. The van der Waals surface area contributed by atoms with Crippen LogP contribution in [0.3, 0.4) is 0 Å². The maximum atomic E-state index is 5.86. The molecule has 2 radical (unpaired) electrons. The van der Waals surface area contributed by atoms with E-state index in [0.29, 0.717) is 0 Å². The van der Waals surface area contributed by atoms with Crippen molar-refractivity contribution in [3.8, 4) is 44.9 Å². The van der Waals surface area contributed by atoms with Gasteiger partial charge in [-0.1, -0.05) is 132 Å². The fourth-order valence-corrected chi connectivity index (χ4v) is 10.0. The van der Waals surface area contributed by atoms with Crippen molar-refractivity contribution in [1.82, 2.24) is 0 Å². The van der Waals surface area contributed by atoms with Crippen LogP contribution in [-0.4, -0.2) is 23.0 Å². The molecule has 0 saturated heterocycles. The molecular formula is C52H62Cl2O2Si3Zr-4. The number of hydrogen-bond acceptors (Lipinski definition) is 2. The van der Waals surface area contributed by atoms with Crippen molar-refractivity contribution in [2.24, 2.45) is 0 Å². The van der Waals surface area contributed by atoms with Crippen LogP contribution in [0.4, 0.5) is 0 Å². The number of aryl methyl sites for hydroxylation is 4. The first-order valence-electron chi connectivity index (χ1n) is 19.5. The van der Waals surface area contributed by atoms with Crippen molar-refractivity contribution in [3.63, 3.8) is 0 Å². The Labute approximate surface area is 392 Å². The summed E-state index contributed by atoms with van der Waals surface area (Å²) in [6, 6.07) is 40.4. The van der Waals surface area contributed by atoms with Crippen LogP contribution in [0.25, 0.3) is 66.4 Å². The van der Waals surface area contributed by atoms with E-state index < -0.39 is 16.1 Å². The van der Waals surface area contributed by atoms with Crippen molar-refractivity contribution in [3.05, 3.63) is 158 Å². The van der Waals surface area contributed by atoms with Crippen LogP contribution >= 0.6 is 24.8 Å². The molecule has 0 bridgehead atoms. The zero-order valence-corrected chi connectivity index (χ0v) is 45.1. The zero-order valence-electron chi connectivity index (χ0n) is 38.0. The summed E-state index contributed by atoms with van der Waals surface area (Å²) in [6.07, 6.45) is 0. The molecule has 2 heterocycles. The quantitative estimate of drug-likeness (QED) is 0.123. The number of furan rings is 2. The zero-order chi connectivity index (χ0) is 40.7. The van der Waals surface area contributed by atoms with E-state index in [2.05, 4.69) is 171 Å². The molecule has 8 aromatic rings. The molecule has 2 nitrogen and oxygen atoms in total. The topological polar surface area (TPSA) is 26.3 Å². The van der Waals surface area contributed by atoms with Gasteiger partial charge in [-0.3, -0.25) is 0 Å². The fourth-order valence-electron chi connectivity index (χ4n) is 7.69. The third kappa shape index (κ3) is 11.2. The molecule has 60 heavy (non-hydrogen) atoms. The van der Waals surface area contributed by atoms with E-state index in [1.807, 2.05) is 26.0 Å². The summed E-state index contributed by atoms with van der Waals surface area (Å²) in [5.41, 5.74) is 13.0. The second-order valence-electron chi connectivity index (χ2n) is 17.4. The number of hydrogen-bond donors (Lipinski definition) is 0. The first-order valence-corrected chi connectivity index (χ1v) is 30.7. The van der Waals surface area contributed by atoms with Gasteiger partial charge < -0.3 is 23.7 Å². The normalized spacial score (nSPS) is 10.9. The molecule has 6 aromatic carbocycles. The summed E-state index contributed by atoms with van der Waals surface area (Å²) in [5, 5.41) is 8.19. The molecule has 0 aliphatic carbocycles. The van der Waals surface area contributed by atoms with Gasteiger partial charge in [0.15, 0.2) is 0 Å². The molecule has 8 heteroatoms. The Hall–Kier alpha value is -3.23. The summed E-state index contributed by atoms with van der Waals surface area (Å²) in [6.45, 7) is 30.3. The van der Waals surface area contributed by atoms with Crippen LogP contribution in [0.5, 0.6) is 0 Å². The molecule has 0 aliphatic rings. The summed E-state index contributed by atoms with van der Waals surface area (Å²) in [7, 11) is -2.57. The Balaban J connectivity index is 0.000000373. The van der Waals surface area contributed by atoms with Crippen LogP contribution in [-0.2, 0) is 23.3 Å². The predicted molar refractivity (Wildman–Crippen MR) is 273 cm³/mol. The van der Waals surface area contributed by atoms with E-state index >= 15 is 0 Å². The molecule has 0 saturated carbocycles. The van der Waals surface area contributed by atoms with Crippen molar-refractivity contribution in [1.29, 1.82) is 0 Å². The second-order valence-corrected chi connectivity index (χ2v) is 27.5. The fraction of sp³-hybridized carbons (Fsp3) is 0.231. The number of rotatable bonds is 6. The molecule has 316 valence electrons. The van der Waals surface area contributed by atoms with E-state index in [-0.39, 0.29) is 39.7 Å². The average molecular weight is 965 g/mol. The molecule has 0 fully saturated rings. The molecule has 0 N–H and O–H groups in total. The van der Waals surface area contributed by atoms with Gasteiger partial charge in [0.25, 0.3) is 0 Å². The van der Waals surface area contributed by atoms with Gasteiger partial charge in [0.1, 0.15) is 0 Å². The summed E-state index contributed by atoms with van der Waals surface area (Å²) in [5.74, 6) is 3.78. The van der Waals surface area contributed by atoms with Crippen molar-refractivity contribution in [2.75, 3.05) is 0 Å². The van der Waals surface area contributed by atoms with Gasteiger partial charge in [-0.15, -0.1) is 82.8 Å². The SMILES string of the molecule is Cc1ccc(-c2cc3c(-c4ccc([Si](C)(C)C)cc4)c(C)c(C)cc3[cH-]2)o1.Cc1ccc(-c2cc3c(-c4ccc([Si](C)(C)C)cc4)c(C)c(C)cc3[cH-]2)o1.Cl.Cl.[CH3-].[CH3-].[Si]=[Zr]. The Morgan fingerprint density at radius 3 is 1.05 bits per heavy atom. The van der Waals surface area contributed by atoms with E-state index in [9.17, 15) is 0 Å². The number of benzene rings is 4. The van der Waals surface area contributed by atoms with Crippen molar-refractivity contribution < 1.29 is 32.2 Å². The maximum absolute atomic E-state index is 5.86. The van der Waals surface area contributed by atoms with Crippen LogP contribution < -0.4 is 10.4 Å². The average Bonchev–Trinajstić information content (AvgIpc) is 3.97. The minimum atomic E-state index is -1.29. The second kappa shape index (κ2) is 21.2. The van der Waals surface area contributed by atoms with Gasteiger partial charge in [0.05, 0.1) is 39.2 Å². The third-order valence-corrected chi connectivity index (χ3v) is 15.3.